The van der Waals surface area contributed by atoms with E-state index in [9.17, 15) is 4.79 Å². The van der Waals surface area contributed by atoms with Crippen molar-refractivity contribution in [1.29, 1.82) is 0 Å². The fraction of sp³-hybridized carbons (Fsp3) is 0.200. The van der Waals surface area contributed by atoms with Crippen molar-refractivity contribution in [3.05, 3.63) is 71.2 Å². The maximum atomic E-state index is 12.6. The summed E-state index contributed by atoms with van der Waals surface area (Å²) in [6.45, 7) is 2.62. The van der Waals surface area contributed by atoms with E-state index < -0.39 is 0 Å². The molecule has 0 aliphatic carbocycles. The molecule has 2 aliphatic heterocycles. The molecule has 0 spiro atoms. The average molecular weight is 479 g/mol. The van der Waals surface area contributed by atoms with Crippen LogP contribution in [0.15, 0.2) is 65.7 Å². The zero-order chi connectivity index (χ0) is 23.5. The molecule has 0 aromatic heterocycles. The van der Waals surface area contributed by atoms with Crippen LogP contribution in [0.3, 0.4) is 0 Å². The van der Waals surface area contributed by atoms with Gasteiger partial charge < -0.3 is 29.7 Å². The number of amides is 2. The Morgan fingerprint density at radius 2 is 1.68 bits per heavy atom. The van der Waals surface area contributed by atoms with Crippen molar-refractivity contribution in [3.63, 3.8) is 0 Å². The third kappa shape index (κ3) is 4.78. The molecular weight excluding hydrogens is 456 g/mol. The minimum Gasteiger partial charge on any atom is -0.497 e. The molecule has 3 aromatic rings. The standard InChI is InChI=1S/C25H23ClN4O4/c1-32-19-6-3-17(4-7-19)27-25(31)28-18-5-9-22-20(15-18)24(30-10-12-33-13-11-30)29-21-14-16(26)2-8-23(21)34-22/h2-9,14-15H,10-13H2,1H3,(H2,27,28,31). The molecule has 1 fully saturated rings. The van der Waals surface area contributed by atoms with Crippen LogP contribution >= 0.6 is 11.6 Å². The van der Waals surface area contributed by atoms with Gasteiger partial charge in [0.25, 0.3) is 0 Å². The van der Waals surface area contributed by atoms with E-state index in [0.29, 0.717) is 65.6 Å². The molecule has 8 nitrogen and oxygen atoms in total. The van der Waals surface area contributed by atoms with Crippen molar-refractivity contribution in [2.75, 3.05) is 44.0 Å². The van der Waals surface area contributed by atoms with E-state index in [1.165, 1.54) is 0 Å². The molecule has 0 atom stereocenters. The number of ether oxygens (including phenoxy) is 3. The van der Waals surface area contributed by atoms with E-state index in [0.717, 1.165) is 11.4 Å². The lowest BCUT2D eigenvalue weighted by molar-refractivity contribution is 0.0683. The Bertz CT molecular complexity index is 1240. The minimum atomic E-state index is -0.361. The number of carbonyl (C=O) groups excluding carboxylic acids is 1. The van der Waals surface area contributed by atoms with Gasteiger partial charge in [0.05, 0.1) is 25.9 Å². The van der Waals surface area contributed by atoms with E-state index in [-0.39, 0.29) is 6.03 Å². The van der Waals surface area contributed by atoms with Crippen molar-refractivity contribution in [2.24, 2.45) is 4.99 Å². The Hall–Kier alpha value is -3.75. The summed E-state index contributed by atoms with van der Waals surface area (Å²) in [5, 5.41) is 6.29. The number of rotatable bonds is 3. The van der Waals surface area contributed by atoms with Crippen LogP contribution in [0.1, 0.15) is 5.56 Å². The van der Waals surface area contributed by atoms with Gasteiger partial charge in [0, 0.05) is 29.5 Å². The molecule has 0 bridgehead atoms. The lowest BCUT2D eigenvalue weighted by Crippen LogP contribution is -2.41. The number of benzene rings is 3. The molecule has 2 aliphatic rings. The quantitative estimate of drug-likeness (QED) is 0.518. The molecular formula is C25H23ClN4O4. The molecule has 1 saturated heterocycles. The van der Waals surface area contributed by atoms with Crippen molar-refractivity contribution < 1.29 is 19.0 Å². The topological polar surface area (TPSA) is 84.4 Å². The minimum absolute atomic E-state index is 0.361. The zero-order valence-electron chi connectivity index (χ0n) is 18.5. The lowest BCUT2D eigenvalue weighted by Gasteiger charge is -2.30. The van der Waals surface area contributed by atoms with Crippen LogP contribution < -0.4 is 20.1 Å². The van der Waals surface area contributed by atoms with Gasteiger partial charge in [-0.15, -0.1) is 0 Å². The Labute approximate surface area is 202 Å². The van der Waals surface area contributed by atoms with Gasteiger partial charge >= 0.3 is 6.03 Å². The first-order chi connectivity index (χ1) is 16.6. The molecule has 2 amide bonds. The monoisotopic (exact) mass is 478 g/mol. The van der Waals surface area contributed by atoms with Crippen LogP contribution in [0.5, 0.6) is 17.2 Å². The number of aliphatic imine (C=N–C) groups is 1. The van der Waals surface area contributed by atoms with Gasteiger partial charge in [0.15, 0.2) is 5.75 Å². The number of hydrogen-bond donors (Lipinski definition) is 2. The summed E-state index contributed by atoms with van der Waals surface area (Å²) in [6.07, 6.45) is 0. The smallest absolute Gasteiger partial charge is 0.323 e. The van der Waals surface area contributed by atoms with Gasteiger partial charge in [-0.3, -0.25) is 0 Å². The number of nitrogens with one attached hydrogen (secondary N) is 2. The summed E-state index contributed by atoms with van der Waals surface area (Å²) in [6, 6.07) is 17.6. The highest BCUT2D eigenvalue weighted by Gasteiger charge is 2.25. The molecule has 34 heavy (non-hydrogen) atoms. The number of morpholine rings is 1. The van der Waals surface area contributed by atoms with Gasteiger partial charge in [0.1, 0.15) is 23.0 Å². The summed E-state index contributed by atoms with van der Waals surface area (Å²) in [5.41, 5.74) is 2.69. The molecule has 2 heterocycles. The number of halogens is 1. The SMILES string of the molecule is COc1ccc(NC(=O)Nc2ccc3c(c2)C(N2CCOCC2)=Nc2cc(Cl)ccc2O3)cc1. The van der Waals surface area contributed by atoms with E-state index in [4.69, 9.17) is 30.8 Å². The third-order valence-electron chi connectivity index (χ3n) is 5.50. The Morgan fingerprint density at radius 1 is 0.971 bits per heavy atom. The number of anilines is 2. The predicted octanol–water partition coefficient (Wildman–Crippen LogP) is 5.51. The zero-order valence-corrected chi connectivity index (χ0v) is 19.3. The molecule has 0 radical (unpaired) electrons. The molecule has 0 saturated carbocycles. The van der Waals surface area contributed by atoms with Gasteiger partial charge in [-0.25, -0.2) is 9.79 Å². The normalized spacial score (nSPS) is 14.6. The predicted molar refractivity (Wildman–Crippen MR) is 132 cm³/mol. The Morgan fingerprint density at radius 3 is 2.44 bits per heavy atom. The average Bonchev–Trinajstić information content (AvgIpc) is 3.01. The molecule has 9 heteroatoms. The fourth-order valence-corrected chi connectivity index (χ4v) is 3.98. The number of nitrogens with zero attached hydrogens (tertiary/aromatic N) is 2. The number of amidine groups is 1. The highest BCUT2D eigenvalue weighted by atomic mass is 35.5. The van der Waals surface area contributed by atoms with E-state index >= 15 is 0 Å². The summed E-state index contributed by atoms with van der Waals surface area (Å²) in [5.74, 6) is 2.73. The van der Waals surface area contributed by atoms with Crippen LogP contribution in [0, 0.1) is 0 Å². The largest absolute Gasteiger partial charge is 0.497 e. The van der Waals surface area contributed by atoms with E-state index in [1.54, 1.807) is 49.6 Å². The first kappa shape index (κ1) is 22.1. The summed E-state index contributed by atoms with van der Waals surface area (Å²) < 4.78 is 16.9. The molecule has 2 N–H and O–H groups in total. The van der Waals surface area contributed by atoms with E-state index in [2.05, 4.69) is 15.5 Å². The van der Waals surface area contributed by atoms with Gasteiger partial charge in [-0.05, 0) is 60.7 Å². The van der Waals surface area contributed by atoms with Crippen LogP contribution in [-0.4, -0.2) is 50.2 Å². The van der Waals surface area contributed by atoms with E-state index in [1.807, 2.05) is 18.2 Å². The Kier molecular flexibility index (Phi) is 6.24. The molecule has 5 rings (SSSR count). The van der Waals surface area contributed by atoms with Gasteiger partial charge in [-0.2, -0.15) is 0 Å². The fourth-order valence-electron chi connectivity index (χ4n) is 3.81. The third-order valence-corrected chi connectivity index (χ3v) is 5.74. The Balaban J connectivity index is 1.44. The molecule has 174 valence electrons. The highest BCUT2D eigenvalue weighted by Crippen LogP contribution is 2.40. The van der Waals surface area contributed by atoms with Crippen LogP contribution in [0.2, 0.25) is 5.02 Å². The lowest BCUT2D eigenvalue weighted by atomic mass is 10.1. The maximum Gasteiger partial charge on any atom is 0.323 e. The van der Waals surface area contributed by atoms with Crippen LogP contribution in [-0.2, 0) is 4.74 Å². The number of urea groups is 1. The first-order valence-corrected chi connectivity index (χ1v) is 11.2. The van der Waals surface area contributed by atoms with Gasteiger partial charge in [-0.1, -0.05) is 11.6 Å². The molecule has 3 aromatic carbocycles. The second kappa shape index (κ2) is 9.62. The first-order valence-electron chi connectivity index (χ1n) is 10.8. The maximum absolute atomic E-state index is 12.6. The van der Waals surface area contributed by atoms with Crippen molar-refractivity contribution in [1.82, 2.24) is 4.90 Å². The van der Waals surface area contributed by atoms with Crippen LogP contribution in [0.25, 0.3) is 0 Å². The van der Waals surface area contributed by atoms with Crippen molar-refractivity contribution in [3.8, 4) is 17.2 Å². The molecule has 0 unspecified atom stereocenters. The van der Waals surface area contributed by atoms with Gasteiger partial charge in [0.2, 0.25) is 0 Å². The van der Waals surface area contributed by atoms with Crippen molar-refractivity contribution in [2.45, 2.75) is 0 Å². The number of carbonyl (C=O) groups is 1. The summed E-state index contributed by atoms with van der Waals surface area (Å²) in [4.78, 5) is 19.7. The number of hydrogen-bond acceptors (Lipinski definition) is 6. The second-order valence-corrected chi connectivity index (χ2v) is 8.20. The highest BCUT2D eigenvalue weighted by molar-refractivity contribution is 6.31. The summed E-state index contributed by atoms with van der Waals surface area (Å²) >= 11 is 6.22. The van der Waals surface area contributed by atoms with Crippen molar-refractivity contribution >= 4 is 40.5 Å². The summed E-state index contributed by atoms with van der Waals surface area (Å²) in [7, 11) is 1.60. The van der Waals surface area contributed by atoms with Crippen LogP contribution in [0.4, 0.5) is 21.9 Å². The number of fused-ring (bicyclic) bond motifs is 2. The second-order valence-electron chi connectivity index (χ2n) is 7.77. The number of methoxy groups -OCH3 is 1.